The summed E-state index contributed by atoms with van der Waals surface area (Å²) in [6, 6.07) is 7.37. The van der Waals surface area contributed by atoms with Crippen LogP contribution in [0.2, 0.25) is 5.02 Å². The van der Waals surface area contributed by atoms with Crippen molar-refractivity contribution in [1.82, 2.24) is 5.32 Å². The van der Waals surface area contributed by atoms with Gasteiger partial charge in [-0.25, -0.2) is 0 Å². The third kappa shape index (κ3) is 11.9. The van der Waals surface area contributed by atoms with E-state index < -0.39 is 0 Å². The van der Waals surface area contributed by atoms with Crippen molar-refractivity contribution in [2.24, 2.45) is 16.6 Å². The van der Waals surface area contributed by atoms with Crippen LogP contribution in [0.4, 0.5) is 0 Å². The Hall–Kier alpha value is -2.34. The Morgan fingerprint density at radius 3 is 2.12 bits per heavy atom. The number of esters is 1. The zero-order valence-corrected chi connectivity index (χ0v) is 21.6. The summed E-state index contributed by atoms with van der Waals surface area (Å²) in [7, 11) is 1.76. The topological polar surface area (TPSA) is 93.8 Å². The number of nitrogens with two attached hydrogens (primary N) is 1. The molecule has 7 heteroatoms. The number of nitrogens with zero attached hydrogens (tertiary/aromatic N) is 1. The Balaban J connectivity index is 0.00000102. The Kier molecular flexibility index (Phi) is 13.6. The van der Waals surface area contributed by atoms with Crippen molar-refractivity contribution in [1.29, 1.82) is 0 Å². The number of hydrogen-bond donors (Lipinski definition) is 2. The zero-order chi connectivity index (χ0) is 24.9. The van der Waals surface area contributed by atoms with Gasteiger partial charge in [0.2, 0.25) is 0 Å². The zero-order valence-electron chi connectivity index (χ0n) is 20.8. The number of hydrogen-bond acceptors (Lipinski definition) is 5. The van der Waals surface area contributed by atoms with Crippen LogP contribution in [-0.2, 0) is 20.9 Å². The quantitative estimate of drug-likeness (QED) is 0.304. The molecule has 1 amide bonds. The van der Waals surface area contributed by atoms with Gasteiger partial charge >= 0.3 is 5.97 Å². The highest BCUT2D eigenvalue weighted by molar-refractivity contribution is 6.30. The molecule has 0 aromatic heterocycles. The number of halogens is 1. The van der Waals surface area contributed by atoms with Gasteiger partial charge in [-0.3, -0.25) is 14.6 Å². The summed E-state index contributed by atoms with van der Waals surface area (Å²) < 4.78 is 4.80. The molecule has 0 aliphatic heterocycles. The highest BCUT2D eigenvalue weighted by atomic mass is 35.5. The highest BCUT2D eigenvalue weighted by Gasteiger charge is 2.19. The van der Waals surface area contributed by atoms with Crippen molar-refractivity contribution < 1.29 is 14.3 Å². The van der Waals surface area contributed by atoms with E-state index in [2.05, 4.69) is 31.1 Å². The Bertz CT molecular complexity index is 794. The van der Waals surface area contributed by atoms with Crippen molar-refractivity contribution in [2.75, 3.05) is 7.05 Å². The molecule has 0 heterocycles. The minimum atomic E-state index is -0.328. The van der Waals surface area contributed by atoms with Gasteiger partial charge in [0.15, 0.2) is 0 Å². The van der Waals surface area contributed by atoms with E-state index in [0.29, 0.717) is 11.6 Å². The van der Waals surface area contributed by atoms with Crippen LogP contribution in [-0.4, -0.2) is 30.2 Å². The lowest BCUT2D eigenvalue weighted by atomic mass is 9.91. The molecular formula is C25H40ClN3O3. The first-order valence-corrected chi connectivity index (χ1v) is 11.4. The summed E-state index contributed by atoms with van der Waals surface area (Å²) in [6.07, 6.45) is 2.62. The Labute approximate surface area is 198 Å². The van der Waals surface area contributed by atoms with Crippen molar-refractivity contribution in [3.05, 3.63) is 46.1 Å². The summed E-state index contributed by atoms with van der Waals surface area (Å²) in [5.74, 6) is -0.200. The van der Waals surface area contributed by atoms with Gasteiger partial charge in [0.1, 0.15) is 11.3 Å². The van der Waals surface area contributed by atoms with Crippen LogP contribution in [0.25, 0.3) is 0 Å². The van der Waals surface area contributed by atoms with Crippen LogP contribution in [0.5, 0.6) is 0 Å². The van der Waals surface area contributed by atoms with E-state index in [1.165, 1.54) is 6.92 Å². The molecule has 180 valence electrons. The molecule has 0 spiro atoms. The fourth-order valence-electron chi connectivity index (χ4n) is 2.94. The monoisotopic (exact) mass is 465 g/mol. The molecule has 32 heavy (non-hydrogen) atoms. The molecule has 6 nitrogen and oxygen atoms in total. The maximum absolute atomic E-state index is 12.5. The number of benzene rings is 1. The number of nitrogens with one attached hydrogen (secondary N) is 1. The van der Waals surface area contributed by atoms with Crippen LogP contribution in [0.1, 0.15) is 73.3 Å². The highest BCUT2D eigenvalue weighted by Crippen LogP contribution is 2.19. The number of carbonyl (C=O) groups is 2. The van der Waals surface area contributed by atoms with Gasteiger partial charge in [-0.2, -0.15) is 0 Å². The molecule has 0 aliphatic carbocycles. The summed E-state index contributed by atoms with van der Waals surface area (Å²) >= 11 is 5.87. The third-order valence-electron chi connectivity index (χ3n) is 4.52. The van der Waals surface area contributed by atoms with E-state index in [0.717, 1.165) is 36.1 Å². The average molecular weight is 466 g/mol. The van der Waals surface area contributed by atoms with E-state index in [4.69, 9.17) is 22.1 Å². The Morgan fingerprint density at radius 2 is 1.75 bits per heavy atom. The van der Waals surface area contributed by atoms with E-state index in [9.17, 15) is 9.59 Å². The maximum Gasteiger partial charge on any atom is 0.303 e. The molecule has 1 rings (SSSR count). The first-order chi connectivity index (χ1) is 14.9. The van der Waals surface area contributed by atoms with Crippen molar-refractivity contribution in [3.8, 4) is 0 Å². The van der Waals surface area contributed by atoms with E-state index in [1.807, 2.05) is 32.9 Å². The standard InChI is InChI=1S/C19H28ClN3O.C6H12O2/c1-5-7-16(18(22-4)13(3)6-2)17(21)19(24)23-12-14-8-10-15(20)11-9-14;1-5(7)8-6(2,3)4/h8-11,13H,5-7,12,21H2,1-4H3,(H,23,24);1-4H3/b17-16-,22-18?;. The van der Waals surface area contributed by atoms with Gasteiger partial charge in [0, 0.05) is 36.8 Å². The van der Waals surface area contributed by atoms with Crippen molar-refractivity contribution in [2.45, 2.75) is 79.9 Å². The molecule has 0 bridgehead atoms. The van der Waals surface area contributed by atoms with Crippen LogP contribution in [0.15, 0.2) is 40.5 Å². The summed E-state index contributed by atoms with van der Waals surface area (Å²) in [4.78, 5) is 27.1. The predicted molar refractivity (Wildman–Crippen MR) is 134 cm³/mol. The number of rotatable bonds is 8. The summed E-state index contributed by atoms with van der Waals surface area (Å²) in [6.45, 7) is 13.6. The second-order valence-electron chi connectivity index (χ2n) is 8.58. The molecule has 0 saturated heterocycles. The second kappa shape index (κ2) is 14.7. The molecule has 0 fully saturated rings. The molecule has 0 radical (unpaired) electrons. The fourth-order valence-corrected chi connectivity index (χ4v) is 3.07. The van der Waals surface area contributed by atoms with Crippen LogP contribution >= 0.6 is 11.6 Å². The molecule has 1 aromatic rings. The van der Waals surface area contributed by atoms with Crippen LogP contribution in [0.3, 0.4) is 0 Å². The fraction of sp³-hybridized carbons (Fsp3) is 0.560. The van der Waals surface area contributed by atoms with E-state index in [1.54, 1.807) is 19.2 Å². The molecule has 0 saturated carbocycles. The minimum Gasteiger partial charge on any atom is -0.460 e. The average Bonchev–Trinajstić information content (AvgIpc) is 2.70. The SMILES string of the molecule is CC(=O)OC(C)(C)C.CCC/C(C(=NC)C(C)CC)=C(/N)C(=O)NCc1ccc(Cl)cc1. The van der Waals surface area contributed by atoms with E-state index >= 15 is 0 Å². The Morgan fingerprint density at radius 1 is 1.19 bits per heavy atom. The van der Waals surface area contributed by atoms with Gasteiger partial charge in [-0.1, -0.05) is 50.9 Å². The molecule has 1 unspecified atom stereocenters. The number of aliphatic imine (C=N–C) groups is 1. The largest absolute Gasteiger partial charge is 0.460 e. The number of allylic oxidation sites excluding steroid dienone is 1. The van der Waals surface area contributed by atoms with Gasteiger partial charge in [0.05, 0.1) is 0 Å². The van der Waals surface area contributed by atoms with Crippen molar-refractivity contribution in [3.63, 3.8) is 0 Å². The molecular weight excluding hydrogens is 426 g/mol. The number of carbonyl (C=O) groups excluding carboxylic acids is 2. The lowest BCUT2D eigenvalue weighted by Gasteiger charge is -2.18. The first kappa shape index (κ1) is 29.7. The van der Waals surface area contributed by atoms with Gasteiger partial charge < -0.3 is 15.8 Å². The smallest absolute Gasteiger partial charge is 0.303 e. The van der Waals surface area contributed by atoms with Gasteiger partial charge in [-0.15, -0.1) is 0 Å². The molecule has 1 aromatic carbocycles. The molecule has 1 atom stereocenters. The summed E-state index contributed by atoms with van der Waals surface area (Å²) in [5, 5.41) is 3.55. The normalized spacial score (nSPS) is 13.3. The lowest BCUT2D eigenvalue weighted by molar-refractivity contribution is -0.151. The van der Waals surface area contributed by atoms with Crippen LogP contribution in [0, 0.1) is 5.92 Å². The van der Waals surface area contributed by atoms with Gasteiger partial charge in [-0.05, 0) is 57.2 Å². The van der Waals surface area contributed by atoms with E-state index in [-0.39, 0.29) is 29.1 Å². The molecule has 0 aliphatic rings. The lowest BCUT2D eigenvalue weighted by Crippen LogP contribution is -2.31. The second-order valence-corrected chi connectivity index (χ2v) is 9.01. The van der Waals surface area contributed by atoms with Crippen LogP contribution < -0.4 is 11.1 Å². The summed E-state index contributed by atoms with van der Waals surface area (Å²) in [5.41, 5.74) is 8.88. The van der Waals surface area contributed by atoms with Crippen molar-refractivity contribution >= 4 is 29.2 Å². The number of amides is 1. The minimum absolute atomic E-state index is 0.225. The third-order valence-corrected chi connectivity index (χ3v) is 4.77. The predicted octanol–water partition coefficient (Wildman–Crippen LogP) is 5.43. The molecule has 3 N–H and O–H groups in total. The first-order valence-electron chi connectivity index (χ1n) is 11.0. The maximum atomic E-state index is 12.5. The van der Waals surface area contributed by atoms with Gasteiger partial charge in [0.25, 0.3) is 5.91 Å². The number of ether oxygens (including phenoxy) is 1.